The van der Waals surface area contributed by atoms with E-state index in [1.807, 2.05) is 17.7 Å². The molecule has 0 fully saturated rings. The highest BCUT2D eigenvalue weighted by atomic mass is 32.2. The van der Waals surface area contributed by atoms with Crippen molar-refractivity contribution in [3.8, 4) is 11.3 Å². The average Bonchev–Trinajstić information content (AvgIpc) is 2.90. The summed E-state index contributed by atoms with van der Waals surface area (Å²) in [6.07, 6.45) is 2.02. The van der Waals surface area contributed by atoms with E-state index in [2.05, 4.69) is 60.0 Å². The van der Waals surface area contributed by atoms with E-state index in [9.17, 15) is 0 Å². The Balaban J connectivity index is 2.20. The summed E-state index contributed by atoms with van der Waals surface area (Å²) in [5, 5.41) is 13.2. The summed E-state index contributed by atoms with van der Waals surface area (Å²) in [5.74, 6) is 1.16. The molecule has 5 nitrogen and oxygen atoms in total. The number of hydrogen-bond donors (Lipinski definition) is 1. The van der Waals surface area contributed by atoms with Crippen LogP contribution in [0.2, 0.25) is 0 Å². The summed E-state index contributed by atoms with van der Waals surface area (Å²) in [4.78, 5) is 0. The van der Waals surface area contributed by atoms with Crippen molar-refractivity contribution in [3.63, 3.8) is 0 Å². The molecule has 6 heteroatoms. The molecular weight excluding hydrogens is 306 g/mol. The first-order valence-electron chi connectivity index (χ1n) is 7.64. The third-order valence-electron chi connectivity index (χ3n) is 3.92. The van der Waals surface area contributed by atoms with Crippen LogP contribution in [0.5, 0.6) is 0 Å². The minimum absolute atomic E-state index is 0.358. The number of nitrogens with zero attached hydrogens (tertiary/aromatic N) is 4. The van der Waals surface area contributed by atoms with Crippen LogP contribution in [0.3, 0.4) is 0 Å². The first-order chi connectivity index (χ1) is 11.0. The molecule has 23 heavy (non-hydrogen) atoms. The SMILES string of the molecule is CSNc1cc(-c2cc(C(C)C)c3nnc(C)n3n2)ccc1C. The maximum atomic E-state index is 4.74. The van der Waals surface area contributed by atoms with E-state index in [1.165, 1.54) is 5.56 Å². The molecule has 3 aromatic rings. The zero-order valence-electron chi connectivity index (χ0n) is 14.1. The number of anilines is 1. The molecule has 0 bridgehead atoms. The zero-order valence-corrected chi connectivity index (χ0v) is 14.9. The second-order valence-electron chi connectivity index (χ2n) is 5.96. The molecule has 0 atom stereocenters. The fourth-order valence-electron chi connectivity index (χ4n) is 2.57. The molecule has 0 spiro atoms. The first kappa shape index (κ1) is 15.8. The van der Waals surface area contributed by atoms with Crippen LogP contribution in [0, 0.1) is 13.8 Å². The van der Waals surface area contributed by atoms with Crippen molar-refractivity contribution >= 4 is 23.3 Å². The number of hydrogen-bond acceptors (Lipinski definition) is 5. The molecule has 0 unspecified atom stereocenters. The highest BCUT2D eigenvalue weighted by Crippen LogP contribution is 2.29. The Hall–Kier alpha value is -2.08. The van der Waals surface area contributed by atoms with Gasteiger partial charge >= 0.3 is 0 Å². The van der Waals surface area contributed by atoms with Gasteiger partial charge in [-0.25, -0.2) is 0 Å². The summed E-state index contributed by atoms with van der Waals surface area (Å²) in [6, 6.07) is 8.50. The van der Waals surface area contributed by atoms with Crippen molar-refractivity contribution < 1.29 is 0 Å². The second kappa shape index (κ2) is 6.20. The van der Waals surface area contributed by atoms with Gasteiger partial charge in [0.2, 0.25) is 0 Å². The molecule has 2 heterocycles. The molecule has 0 aliphatic carbocycles. The number of nitrogens with one attached hydrogen (secondary N) is 1. The molecule has 0 aliphatic heterocycles. The van der Waals surface area contributed by atoms with Crippen molar-refractivity contribution in [3.05, 3.63) is 41.2 Å². The highest BCUT2D eigenvalue weighted by Gasteiger charge is 2.14. The van der Waals surface area contributed by atoms with Crippen molar-refractivity contribution in [1.82, 2.24) is 19.8 Å². The third kappa shape index (κ3) is 2.91. The fraction of sp³-hybridized carbons (Fsp3) is 0.353. The number of fused-ring (bicyclic) bond motifs is 1. The van der Waals surface area contributed by atoms with Crippen LogP contribution in [0.15, 0.2) is 24.3 Å². The van der Waals surface area contributed by atoms with Gasteiger partial charge in [-0.3, -0.25) is 0 Å². The van der Waals surface area contributed by atoms with Crippen molar-refractivity contribution in [1.29, 1.82) is 0 Å². The fourth-order valence-corrected chi connectivity index (χ4v) is 3.01. The second-order valence-corrected chi connectivity index (χ2v) is 6.57. The smallest absolute Gasteiger partial charge is 0.181 e. The Kier molecular flexibility index (Phi) is 4.26. The largest absolute Gasteiger partial charge is 0.330 e. The van der Waals surface area contributed by atoms with Gasteiger partial charge in [0, 0.05) is 23.1 Å². The monoisotopic (exact) mass is 327 g/mol. The van der Waals surface area contributed by atoms with E-state index in [1.54, 1.807) is 11.9 Å². The molecule has 1 aromatic carbocycles. The normalized spacial score (nSPS) is 11.4. The summed E-state index contributed by atoms with van der Waals surface area (Å²) in [7, 11) is 0. The molecule has 0 saturated heterocycles. The molecule has 0 saturated carbocycles. The molecule has 0 amide bonds. The molecule has 120 valence electrons. The van der Waals surface area contributed by atoms with E-state index in [0.29, 0.717) is 5.92 Å². The van der Waals surface area contributed by atoms with Gasteiger partial charge in [-0.05, 0) is 37.5 Å². The highest BCUT2D eigenvalue weighted by molar-refractivity contribution is 7.99. The van der Waals surface area contributed by atoms with Crippen LogP contribution in [-0.2, 0) is 0 Å². The predicted octanol–water partition coefficient (Wildman–Crippen LogP) is 4.22. The number of rotatable bonds is 4. The summed E-state index contributed by atoms with van der Waals surface area (Å²) in [5.41, 5.74) is 6.36. The minimum atomic E-state index is 0.358. The van der Waals surface area contributed by atoms with Gasteiger partial charge in [0.25, 0.3) is 0 Å². The molecule has 2 aromatic heterocycles. The lowest BCUT2D eigenvalue weighted by molar-refractivity contribution is 0.827. The summed E-state index contributed by atoms with van der Waals surface area (Å²) >= 11 is 1.59. The van der Waals surface area contributed by atoms with Crippen molar-refractivity contribution in [2.45, 2.75) is 33.6 Å². The lowest BCUT2D eigenvalue weighted by atomic mass is 10.0. The summed E-state index contributed by atoms with van der Waals surface area (Å²) in [6.45, 7) is 8.36. The van der Waals surface area contributed by atoms with E-state index in [-0.39, 0.29) is 0 Å². The van der Waals surface area contributed by atoms with Crippen LogP contribution in [0.25, 0.3) is 16.9 Å². The van der Waals surface area contributed by atoms with Gasteiger partial charge < -0.3 is 4.72 Å². The Morgan fingerprint density at radius 1 is 1.13 bits per heavy atom. The van der Waals surface area contributed by atoms with Gasteiger partial charge in [0.15, 0.2) is 11.5 Å². The lowest BCUT2D eigenvalue weighted by Gasteiger charge is -2.12. The van der Waals surface area contributed by atoms with Crippen molar-refractivity contribution in [2.24, 2.45) is 0 Å². The Morgan fingerprint density at radius 2 is 1.91 bits per heavy atom. The molecule has 0 aliphatic rings. The van der Waals surface area contributed by atoms with Gasteiger partial charge in [-0.15, -0.1) is 10.2 Å². The van der Waals surface area contributed by atoms with Crippen LogP contribution in [0.1, 0.15) is 36.7 Å². The van der Waals surface area contributed by atoms with Gasteiger partial charge in [0.05, 0.1) is 5.69 Å². The van der Waals surface area contributed by atoms with Crippen LogP contribution < -0.4 is 4.72 Å². The molecular formula is C17H21N5S. The topological polar surface area (TPSA) is 55.1 Å². The number of aromatic nitrogens is 4. The van der Waals surface area contributed by atoms with E-state index in [4.69, 9.17) is 5.10 Å². The lowest BCUT2D eigenvalue weighted by Crippen LogP contribution is -2.02. The molecule has 3 rings (SSSR count). The molecule has 0 radical (unpaired) electrons. The van der Waals surface area contributed by atoms with Crippen LogP contribution >= 0.6 is 11.9 Å². The maximum absolute atomic E-state index is 4.74. The summed E-state index contributed by atoms with van der Waals surface area (Å²) < 4.78 is 5.16. The maximum Gasteiger partial charge on any atom is 0.181 e. The van der Waals surface area contributed by atoms with Crippen LogP contribution in [0.4, 0.5) is 5.69 Å². The number of benzene rings is 1. The average molecular weight is 327 g/mol. The van der Waals surface area contributed by atoms with E-state index < -0.39 is 0 Å². The van der Waals surface area contributed by atoms with Gasteiger partial charge in [-0.1, -0.05) is 37.9 Å². The molecule has 1 N–H and O–H groups in total. The zero-order chi connectivity index (χ0) is 16.6. The van der Waals surface area contributed by atoms with E-state index >= 15 is 0 Å². The Morgan fingerprint density at radius 3 is 2.61 bits per heavy atom. The van der Waals surface area contributed by atoms with E-state index in [0.717, 1.165) is 34.0 Å². The van der Waals surface area contributed by atoms with Crippen molar-refractivity contribution in [2.75, 3.05) is 11.0 Å². The number of aryl methyl sites for hydroxylation is 2. The Bertz CT molecular complexity index is 854. The first-order valence-corrected chi connectivity index (χ1v) is 8.86. The van der Waals surface area contributed by atoms with Gasteiger partial charge in [-0.2, -0.15) is 9.61 Å². The minimum Gasteiger partial charge on any atom is -0.330 e. The van der Waals surface area contributed by atoms with Crippen LogP contribution in [-0.4, -0.2) is 26.1 Å². The predicted molar refractivity (Wildman–Crippen MR) is 96.9 cm³/mol. The Labute approximate surface area is 140 Å². The quantitative estimate of drug-likeness (QED) is 0.727. The van der Waals surface area contributed by atoms with Gasteiger partial charge in [0.1, 0.15) is 0 Å². The standard InChI is InChI=1S/C17H21N5S/c1-10(2)14-9-16(20-22-12(4)18-19-17(14)22)13-7-6-11(3)15(8-13)21-23-5/h6-10,21H,1-5H3. The third-order valence-corrected chi connectivity index (χ3v) is 4.35.